The van der Waals surface area contributed by atoms with Crippen molar-refractivity contribution >= 4 is 34.7 Å². The summed E-state index contributed by atoms with van der Waals surface area (Å²) in [5.41, 5.74) is 2.27. The molecular formula is C16H18ClN3O2. The van der Waals surface area contributed by atoms with Gasteiger partial charge in [0, 0.05) is 30.5 Å². The van der Waals surface area contributed by atoms with E-state index in [0.717, 1.165) is 5.69 Å². The molecule has 2 amide bonds. The molecule has 0 aromatic heterocycles. The third kappa shape index (κ3) is 4.05. The number of amides is 2. The van der Waals surface area contributed by atoms with Gasteiger partial charge in [0.15, 0.2) is 0 Å². The van der Waals surface area contributed by atoms with E-state index < -0.39 is 0 Å². The molecule has 2 aromatic rings. The highest BCUT2D eigenvalue weighted by molar-refractivity contribution is 6.31. The topological polar surface area (TPSA) is 53.6 Å². The van der Waals surface area contributed by atoms with E-state index in [1.807, 2.05) is 43.3 Å². The molecule has 22 heavy (non-hydrogen) atoms. The van der Waals surface area contributed by atoms with Crippen LogP contribution in [0.5, 0.6) is 5.75 Å². The first-order chi connectivity index (χ1) is 10.5. The zero-order valence-corrected chi connectivity index (χ0v) is 13.4. The molecule has 0 atom stereocenters. The van der Waals surface area contributed by atoms with Crippen LogP contribution in [0, 0.1) is 0 Å². The summed E-state index contributed by atoms with van der Waals surface area (Å²) in [6.07, 6.45) is 0. The van der Waals surface area contributed by atoms with Crippen molar-refractivity contribution in [3.8, 4) is 5.75 Å². The molecule has 0 aliphatic heterocycles. The van der Waals surface area contributed by atoms with Gasteiger partial charge in [-0.2, -0.15) is 0 Å². The van der Waals surface area contributed by atoms with Crippen LogP contribution >= 0.6 is 11.6 Å². The van der Waals surface area contributed by atoms with E-state index in [1.54, 1.807) is 18.2 Å². The minimum atomic E-state index is -0.363. The molecule has 0 spiro atoms. The van der Waals surface area contributed by atoms with E-state index in [1.165, 1.54) is 7.11 Å². The number of carbonyl (C=O) groups is 1. The highest BCUT2D eigenvalue weighted by Crippen LogP contribution is 2.27. The number of carbonyl (C=O) groups excluding carboxylic acids is 1. The lowest BCUT2D eigenvalue weighted by Crippen LogP contribution is -2.20. The minimum Gasteiger partial charge on any atom is -0.495 e. The van der Waals surface area contributed by atoms with E-state index in [2.05, 4.69) is 10.6 Å². The Balaban J connectivity index is 2.05. The molecule has 5 nitrogen and oxygen atoms in total. The van der Waals surface area contributed by atoms with Crippen LogP contribution in [-0.2, 0) is 0 Å². The van der Waals surface area contributed by atoms with Crippen molar-refractivity contribution in [2.45, 2.75) is 0 Å². The fraction of sp³-hybridized carbons (Fsp3) is 0.188. The zero-order valence-electron chi connectivity index (χ0n) is 12.7. The number of methoxy groups -OCH3 is 1. The molecule has 2 rings (SSSR count). The Hall–Kier alpha value is -2.40. The second-order valence-electron chi connectivity index (χ2n) is 4.87. The fourth-order valence-electron chi connectivity index (χ4n) is 1.91. The normalized spacial score (nSPS) is 10.0. The van der Waals surface area contributed by atoms with Gasteiger partial charge >= 0.3 is 6.03 Å². The van der Waals surface area contributed by atoms with Gasteiger partial charge in [0.1, 0.15) is 5.75 Å². The SMILES string of the molecule is COc1ccc(Cl)cc1NC(=O)Nc1ccc(N(C)C)cc1. The fourth-order valence-corrected chi connectivity index (χ4v) is 2.08. The third-order valence-electron chi connectivity index (χ3n) is 3.05. The maximum Gasteiger partial charge on any atom is 0.323 e. The Morgan fingerprint density at radius 2 is 1.77 bits per heavy atom. The third-order valence-corrected chi connectivity index (χ3v) is 3.29. The van der Waals surface area contributed by atoms with Crippen molar-refractivity contribution in [1.29, 1.82) is 0 Å². The van der Waals surface area contributed by atoms with E-state index in [4.69, 9.17) is 16.3 Å². The highest BCUT2D eigenvalue weighted by Gasteiger charge is 2.08. The van der Waals surface area contributed by atoms with Gasteiger partial charge in [-0.25, -0.2) is 4.79 Å². The monoisotopic (exact) mass is 319 g/mol. The second kappa shape index (κ2) is 7.04. The Bertz CT molecular complexity index is 657. The summed E-state index contributed by atoms with van der Waals surface area (Å²) >= 11 is 5.93. The molecule has 6 heteroatoms. The van der Waals surface area contributed by atoms with Gasteiger partial charge in [0.2, 0.25) is 0 Å². The summed E-state index contributed by atoms with van der Waals surface area (Å²) in [5, 5.41) is 6.00. The van der Waals surface area contributed by atoms with Crippen molar-refractivity contribution < 1.29 is 9.53 Å². The molecule has 0 aliphatic carbocycles. The van der Waals surface area contributed by atoms with Gasteiger partial charge < -0.3 is 20.3 Å². The Morgan fingerprint density at radius 1 is 1.09 bits per heavy atom. The maximum absolute atomic E-state index is 12.0. The minimum absolute atomic E-state index is 0.363. The zero-order chi connectivity index (χ0) is 16.1. The van der Waals surface area contributed by atoms with Crippen LogP contribution in [0.15, 0.2) is 42.5 Å². The Morgan fingerprint density at radius 3 is 2.36 bits per heavy atom. The van der Waals surface area contributed by atoms with Crippen LogP contribution in [0.1, 0.15) is 0 Å². The van der Waals surface area contributed by atoms with Crippen LogP contribution in [0.2, 0.25) is 5.02 Å². The van der Waals surface area contributed by atoms with Gasteiger partial charge in [-0.3, -0.25) is 0 Å². The first-order valence-corrected chi connectivity index (χ1v) is 7.06. The first kappa shape index (κ1) is 16.0. The van der Waals surface area contributed by atoms with Gasteiger partial charge in [-0.15, -0.1) is 0 Å². The molecule has 2 N–H and O–H groups in total. The molecular weight excluding hydrogens is 302 g/mol. The number of hydrogen-bond acceptors (Lipinski definition) is 3. The lowest BCUT2D eigenvalue weighted by molar-refractivity contribution is 0.262. The highest BCUT2D eigenvalue weighted by atomic mass is 35.5. The number of nitrogens with one attached hydrogen (secondary N) is 2. The van der Waals surface area contributed by atoms with Crippen molar-refractivity contribution in [1.82, 2.24) is 0 Å². The van der Waals surface area contributed by atoms with Crippen LogP contribution in [0.25, 0.3) is 0 Å². The summed E-state index contributed by atoms with van der Waals surface area (Å²) in [7, 11) is 5.45. The summed E-state index contributed by atoms with van der Waals surface area (Å²) in [5.74, 6) is 0.544. The molecule has 0 fully saturated rings. The van der Waals surface area contributed by atoms with Crippen molar-refractivity contribution in [2.24, 2.45) is 0 Å². The van der Waals surface area contributed by atoms with Gasteiger partial charge in [-0.05, 0) is 42.5 Å². The summed E-state index contributed by atoms with van der Waals surface area (Å²) in [6, 6.07) is 12.2. The largest absolute Gasteiger partial charge is 0.495 e. The molecule has 0 heterocycles. The van der Waals surface area contributed by atoms with Gasteiger partial charge in [-0.1, -0.05) is 11.6 Å². The van der Waals surface area contributed by atoms with E-state index in [0.29, 0.717) is 22.1 Å². The quantitative estimate of drug-likeness (QED) is 0.893. The lowest BCUT2D eigenvalue weighted by atomic mass is 10.2. The second-order valence-corrected chi connectivity index (χ2v) is 5.30. The molecule has 0 saturated heterocycles. The number of halogens is 1. The van der Waals surface area contributed by atoms with E-state index >= 15 is 0 Å². The summed E-state index contributed by atoms with van der Waals surface area (Å²) in [4.78, 5) is 14.0. The van der Waals surface area contributed by atoms with Crippen LogP contribution in [0.3, 0.4) is 0 Å². The van der Waals surface area contributed by atoms with Crippen molar-refractivity contribution in [3.63, 3.8) is 0 Å². The number of rotatable bonds is 4. The average Bonchev–Trinajstić information content (AvgIpc) is 2.48. The number of anilines is 3. The molecule has 0 unspecified atom stereocenters. The Labute approximate surface area is 134 Å². The molecule has 0 bridgehead atoms. The van der Waals surface area contributed by atoms with Crippen molar-refractivity contribution in [2.75, 3.05) is 36.7 Å². The molecule has 2 aromatic carbocycles. The molecule has 0 radical (unpaired) electrons. The first-order valence-electron chi connectivity index (χ1n) is 6.68. The summed E-state index contributed by atoms with van der Waals surface area (Å²) < 4.78 is 5.19. The standard InChI is InChI=1S/C16H18ClN3O2/c1-20(2)13-7-5-12(6-8-13)18-16(21)19-14-10-11(17)4-9-15(14)22-3/h4-10H,1-3H3,(H2,18,19,21). The smallest absolute Gasteiger partial charge is 0.323 e. The lowest BCUT2D eigenvalue weighted by Gasteiger charge is -2.14. The number of ether oxygens (including phenoxy) is 1. The predicted molar refractivity (Wildman–Crippen MR) is 91.4 cm³/mol. The van der Waals surface area contributed by atoms with Crippen LogP contribution in [0.4, 0.5) is 21.9 Å². The van der Waals surface area contributed by atoms with Crippen LogP contribution in [-0.4, -0.2) is 27.2 Å². The van der Waals surface area contributed by atoms with Crippen molar-refractivity contribution in [3.05, 3.63) is 47.5 Å². The van der Waals surface area contributed by atoms with Crippen LogP contribution < -0.4 is 20.3 Å². The van der Waals surface area contributed by atoms with E-state index in [-0.39, 0.29) is 6.03 Å². The molecule has 116 valence electrons. The number of nitrogens with zero attached hydrogens (tertiary/aromatic N) is 1. The molecule has 0 aliphatic rings. The predicted octanol–water partition coefficient (Wildman–Crippen LogP) is 4.06. The number of hydrogen-bond donors (Lipinski definition) is 2. The molecule has 0 saturated carbocycles. The average molecular weight is 320 g/mol. The number of benzene rings is 2. The van der Waals surface area contributed by atoms with Gasteiger partial charge in [0.25, 0.3) is 0 Å². The number of urea groups is 1. The van der Waals surface area contributed by atoms with Gasteiger partial charge in [0.05, 0.1) is 12.8 Å². The maximum atomic E-state index is 12.0. The Kier molecular flexibility index (Phi) is 5.12. The van der Waals surface area contributed by atoms with E-state index in [9.17, 15) is 4.79 Å². The summed E-state index contributed by atoms with van der Waals surface area (Å²) in [6.45, 7) is 0.